The fraction of sp³-hybridized carbons (Fsp3) is 0.375. The van der Waals surface area contributed by atoms with Crippen molar-refractivity contribution >= 4 is 35.6 Å². The molecule has 1 aromatic heterocycles. The zero-order valence-corrected chi connectivity index (χ0v) is 15.6. The minimum Gasteiger partial charge on any atom is -0.370 e. The second kappa shape index (κ2) is 8.77. The molecule has 6 heteroatoms. The Morgan fingerprint density at radius 1 is 1.41 bits per heavy atom. The van der Waals surface area contributed by atoms with E-state index in [4.69, 9.17) is 5.73 Å². The van der Waals surface area contributed by atoms with Gasteiger partial charge in [-0.25, -0.2) is 0 Å². The number of benzene rings is 1. The first-order chi connectivity index (χ1) is 10.0. The van der Waals surface area contributed by atoms with Crippen LogP contribution in [0.4, 0.5) is 5.69 Å². The van der Waals surface area contributed by atoms with Crippen molar-refractivity contribution in [1.82, 2.24) is 9.78 Å². The standard InChI is InChI=1S/C16H23N5.HI/c1-12(2)14-5-4-6-15(9-14)20-16(17)18-8-7-13-10-19-21(3)11-13;/h4-6,9-12H,7-8H2,1-3H3,(H3,17,18,20);1H. The first kappa shape index (κ1) is 18.5. The third-order valence-electron chi connectivity index (χ3n) is 3.27. The molecule has 1 aromatic carbocycles. The Morgan fingerprint density at radius 3 is 2.82 bits per heavy atom. The third kappa shape index (κ3) is 5.67. The molecule has 0 amide bonds. The number of hydrogen-bond donors (Lipinski definition) is 2. The molecule has 22 heavy (non-hydrogen) atoms. The van der Waals surface area contributed by atoms with E-state index in [1.165, 1.54) is 5.56 Å². The van der Waals surface area contributed by atoms with Crippen molar-refractivity contribution < 1.29 is 0 Å². The number of aromatic nitrogens is 2. The molecule has 0 unspecified atom stereocenters. The summed E-state index contributed by atoms with van der Waals surface area (Å²) < 4.78 is 1.79. The summed E-state index contributed by atoms with van der Waals surface area (Å²) in [6.07, 6.45) is 4.68. The van der Waals surface area contributed by atoms with Crippen LogP contribution in [0.1, 0.15) is 30.9 Å². The van der Waals surface area contributed by atoms with E-state index in [-0.39, 0.29) is 24.0 Å². The van der Waals surface area contributed by atoms with Crippen LogP contribution >= 0.6 is 24.0 Å². The van der Waals surface area contributed by atoms with E-state index in [1.807, 2.05) is 31.6 Å². The fourth-order valence-corrected chi connectivity index (χ4v) is 2.07. The van der Waals surface area contributed by atoms with Crippen molar-refractivity contribution in [2.75, 3.05) is 11.9 Å². The Morgan fingerprint density at radius 2 is 2.18 bits per heavy atom. The highest BCUT2D eigenvalue weighted by Gasteiger charge is 2.01. The number of hydrogen-bond acceptors (Lipinski definition) is 2. The van der Waals surface area contributed by atoms with Gasteiger partial charge < -0.3 is 11.1 Å². The highest BCUT2D eigenvalue weighted by Crippen LogP contribution is 2.18. The Kier molecular flexibility index (Phi) is 7.37. The summed E-state index contributed by atoms with van der Waals surface area (Å²) >= 11 is 0. The Bertz CT molecular complexity index is 619. The van der Waals surface area contributed by atoms with Crippen LogP contribution < -0.4 is 11.1 Å². The lowest BCUT2D eigenvalue weighted by Gasteiger charge is -2.09. The van der Waals surface area contributed by atoms with Crippen molar-refractivity contribution in [2.45, 2.75) is 26.2 Å². The van der Waals surface area contributed by atoms with Crippen LogP contribution in [0.25, 0.3) is 0 Å². The molecule has 0 aliphatic carbocycles. The van der Waals surface area contributed by atoms with Crippen molar-refractivity contribution in [1.29, 1.82) is 0 Å². The van der Waals surface area contributed by atoms with Crippen molar-refractivity contribution in [3.05, 3.63) is 47.8 Å². The minimum absolute atomic E-state index is 0. The van der Waals surface area contributed by atoms with Gasteiger partial charge in [0, 0.05) is 25.5 Å². The SMILES string of the molecule is CC(C)c1cccc(NC(N)=NCCc2cnn(C)c2)c1.I. The van der Waals surface area contributed by atoms with Gasteiger partial charge in [-0.2, -0.15) is 5.10 Å². The molecule has 5 nitrogen and oxygen atoms in total. The van der Waals surface area contributed by atoms with Crippen LogP contribution in [0, 0.1) is 0 Å². The quantitative estimate of drug-likeness (QED) is 0.450. The van der Waals surface area contributed by atoms with Gasteiger partial charge in [0.1, 0.15) is 0 Å². The molecule has 3 N–H and O–H groups in total. The van der Waals surface area contributed by atoms with E-state index in [1.54, 1.807) is 4.68 Å². The summed E-state index contributed by atoms with van der Waals surface area (Å²) in [4.78, 5) is 4.34. The van der Waals surface area contributed by atoms with E-state index in [0.29, 0.717) is 18.4 Å². The summed E-state index contributed by atoms with van der Waals surface area (Å²) in [7, 11) is 1.91. The van der Waals surface area contributed by atoms with Gasteiger partial charge in [0.25, 0.3) is 0 Å². The summed E-state index contributed by atoms with van der Waals surface area (Å²) in [6.45, 7) is 4.99. The average Bonchev–Trinajstić information content (AvgIpc) is 2.84. The minimum atomic E-state index is 0. The van der Waals surface area contributed by atoms with Gasteiger partial charge in [-0.05, 0) is 35.6 Å². The maximum atomic E-state index is 5.92. The number of nitrogens with one attached hydrogen (secondary N) is 1. The molecular weight excluding hydrogens is 389 g/mol. The molecule has 0 spiro atoms. The number of rotatable bonds is 5. The Balaban J connectivity index is 0.00000242. The smallest absolute Gasteiger partial charge is 0.193 e. The number of anilines is 1. The molecule has 0 atom stereocenters. The highest BCUT2D eigenvalue weighted by atomic mass is 127. The topological polar surface area (TPSA) is 68.2 Å². The van der Waals surface area contributed by atoms with Gasteiger partial charge in [-0.3, -0.25) is 9.67 Å². The lowest BCUT2D eigenvalue weighted by atomic mass is 10.0. The van der Waals surface area contributed by atoms with Crippen LogP contribution in [0.3, 0.4) is 0 Å². The maximum absolute atomic E-state index is 5.92. The maximum Gasteiger partial charge on any atom is 0.193 e. The molecule has 2 aromatic rings. The summed E-state index contributed by atoms with van der Waals surface area (Å²) in [5, 5.41) is 7.27. The molecule has 120 valence electrons. The van der Waals surface area contributed by atoms with Gasteiger partial charge in [-0.1, -0.05) is 26.0 Å². The lowest BCUT2D eigenvalue weighted by molar-refractivity contribution is 0.766. The molecule has 0 saturated carbocycles. The van der Waals surface area contributed by atoms with Gasteiger partial charge >= 0.3 is 0 Å². The molecule has 0 aliphatic rings. The summed E-state index contributed by atoms with van der Waals surface area (Å²) in [5.41, 5.74) is 9.34. The molecule has 0 fully saturated rings. The first-order valence-corrected chi connectivity index (χ1v) is 7.19. The molecule has 0 saturated heterocycles. The number of nitrogens with zero attached hydrogens (tertiary/aromatic N) is 3. The molecule has 0 bridgehead atoms. The van der Waals surface area contributed by atoms with E-state index in [2.05, 4.69) is 41.4 Å². The van der Waals surface area contributed by atoms with E-state index in [0.717, 1.165) is 17.7 Å². The van der Waals surface area contributed by atoms with Gasteiger partial charge in [0.2, 0.25) is 0 Å². The van der Waals surface area contributed by atoms with Crippen LogP contribution in [0.2, 0.25) is 0 Å². The van der Waals surface area contributed by atoms with Crippen molar-refractivity contribution in [3.63, 3.8) is 0 Å². The normalized spacial score (nSPS) is 11.4. The third-order valence-corrected chi connectivity index (χ3v) is 3.27. The zero-order chi connectivity index (χ0) is 15.2. The lowest BCUT2D eigenvalue weighted by Crippen LogP contribution is -2.23. The van der Waals surface area contributed by atoms with Gasteiger partial charge in [0.05, 0.1) is 6.20 Å². The molecule has 1 heterocycles. The Hall–Kier alpha value is -1.57. The van der Waals surface area contributed by atoms with E-state index >= 15 is 0 Å². The van der Waals surface area contributed by atoms with E-state index in [9.17, 15) is 0 Å². The van der Waals surface area contributed by atoms with Crippen LogP contribution in [0.15, 0.2) is 41.7 Å². The highest BCUT2D eigenvalue weighted by molar-refractivity contribution is 14.0. The van der Waals surface area contributed by atoms with Crippen LogP contribution in [-0.4, -0.2) is 22.3 Å². The number of nitrogens with two attached hydrogens (primary N) is 1. The van der Waals surface area contributed by atoms with Gasteiger partial charge in [-0.15, -0.1) is 24.0 Å². The number of guanidine groups is 1. The molecule has 2 rings (SSSR count). The predicted octanol–water partition coefficient (Wildman–Crippen LogP) is 3.13. The summed E-state index contributed by atoms with van der Waals surface area (Å²) in [6, 6.07) is 8.25. The first-order valence-electron chi connectivity index (χ1n) is 7.19. The van der Waals surface area contributed by atoms with Crippen molar-refractivity contribution in [3.8, 4) is 0 Å². The predicted molar refractivity (Wildman–Crippen MR) is 103 cm³/mol. The van der Waals surface area contributed by atoms with Crippen LogP contribution in [0.5, 0.6) is 0 Å². The van der Waals surface area contributed by atoms with E-state index < -0.39 is 0 Å². The average molecular weight is 413 g/mol. The second-order valence-electron chi connectivity index (χ2n) is 5.44. The molecule has 0 aliphatic heterocycles. The Labute approximate surface area is 149 Å². The zero-order valence-electron chi connectivity index (χ0n) is 13.3. The molecule has 0 radical (unpaired) electrons. The molecular formula is C16H24IN5. The van der Waals surface area contributed by atoms with Crippen LogP contribution in [-0.2, 0) is 13.5 Å². The van der Waals surface area contributed by atoms with Gasteiger partial charge in [0.15, 0.2) is 5.96 Å². The number of aliphatic imine (C=N–C) groups is 1. The number of halogens is 1. The summed E-state index contributed by atoms with van der Waals surface area (Å²) in [5.74, 6) is 0.940. The second-order valence-corrected chi connectivity index (χ2v) is 5.44. The van der Waals surface area contributed by atoms with Crippen molar-refractivity contribution in [2.24, 2.45) is 17.8 Å². The largest absolute Gasteiger partial charge is 0.370 e. The number of aryl methyl sites for hydroxylation is 1. The monoisotopic (exact) mass is 413 g/mol. The fourth-order valence-electron chi connectivity index (χ4n) is 2.07.